The maximum atomic E-state index is 13.7. The molecule has 4 aromatic rings. The molecule has 0 saturated carbocycles. The molecule has 0 aromatic heterocycles. The first-order valence-corrected chi connectivity index (χ1v) is 12.1. The molecule has 0 fully saturated rings. The lowest BCUT2D eigenvalue weighted by Crippen LogP contribution is -2.35. The van der Waals surface area contributed by atoms with E-state index in [4.69, 9.17) is 5.41 Å². The van der Waals surface area contributed by atoms with Gasteiger partial charge in [-0.15, -0.1) is 0 Å². The molecule has 2 N–H and O–H groups in total. The zero-order valence-electron chi connectivity index (χ0n) is 20.9. The Morgan fingerprint density at radius 3 is 2.31 bits per heavy atom. The van der Waals surface area contributed by atoms with Gasteiger partial charge in [0.05, 0.1) is 0 Å². The molecule has 178 valence electrons. The number of anilines is 2. The Morgan fingerprint density at radius 2 is 1.64 bits per heavy atom. The highest BCUT2D eigenvalue weighted by atomic mass is 16.2. The summed E-state index contributed by atoms with van der Waals surface area (Å²) in [5, 5.41) is 10.8. The maximum Gasteiger partial charge on any atom is 0.258 e. The average molecular weight is 471 g/mol. The van der Waals surface area contributed by atoms with Crippen LogP contribution in [-0.2, 0) is 0 Å². The van der Waals surface area contributed by atoms with Gasteiger partial charge >= 0.3 is 0 Å². The van der Waals surface area contributed by atoms with E-state index < -0.39 is 0 Å². The van der Waals surface area contributed by atoms with Gasteiger partial charge < -0.3 is 15.6 Å². The quantitative estimate of drug-likeness (QED) is 0.231. The molecule has 0 heterocycles. The number of carbonyl (C=O) groups is 1. The number of hydrogen-bond acceptors (Lipinski definition) is 3. The van der Waals surface area contributed by atoms with Crippen LogP contribution in [0.25, 0.3) is 17.2 Å². The van der Waals surface area contributed by atoms with Crippen LogP contribution in [0.3, 0.4) is 0 Å². The van der Waals surface area contributed by atoms with Crippen molar-refractivity contribution >= 4 is 37.4 Å². The number of amides is 1. The lowest BCUT2D eigenvalue weighted by Gasteiger charge is -2.30. The Labute approximate surface area is 214 Å². The standard InChI is InChI=1S/C31H30BN3O/c1-3-8-22-9-7-12-28(19-22)35(31(36)25-10-5-4-6-11-25)30(32)24-15-13-23(14-16-24)26-17-18-29(34-2)27(20-26)21-33/h3-21,30,33-34H,32H2,1-2H3/b8-3+,33-21?. The highest BCUT2D eigenvalue weighted by Crippen LogP contribution is 2.31. The number of allylic oxidation sites excluding steroid dienone is 1. The molecule has 0 spiro atoms. The third-order valence-electron chi connectivity index (χ3n) is 6.34. The van der Waals surface area contributed by atoms with Crippen molar-refractivity contribution in [2.75, 3.05) is 17.3 Å². The predicted molar refractivity (Wildman–Crippen MR) is 155 cm³/mol. The van der Waals surface area contributed by atoms with E-state index in [-0.39, 0.29) is 11.8 Å². The summed E-state index contributed by atoms with van der Waals surface area (Å²) >= 11 is 0. The number of nitrogens with one attached hydrogen (secondary N) is 2. The van der Waals surface area contributed by atoms with E-state index in [9.17, 15) is 4.79 Å². The minimum Gasteiger partial charge on any atom is -0.388 e. The molecule has 1 amide bonds. The lowest BCUT2D eigenvalue weighted by atomic mass is 9.85. The van der Waals surface area contributed by atoms with Crippen LogP contribution >= 0.6 is 0 Å². The number of carbonyl (C=O) groups excluding carboxylic acids is 1. The molecule has 0 bridgehead atoms. The molecule has 0 aliphatic carbocycles. The Bertz CT molecular complexity index is 1380. The van der Waals surface area contributed by atoms with E-state index >= 15 is 0 Å². The summed E-state index contributed by atoms with van der Waals surface area (Å²) in [4.78, 5) is 15.6. The van der Waals surface area contributed by atoms with Crippen molar-refractivity contribution in [3.05, 3.63) is 125 Å². The Hall–Kier alpha value is -4.38. The first-order valence-electron chi connectivity index (χ1n) is 12.1. The zero-order valence-corrected chi connectivity index (χ0v) is 20.9. The fourth-order valence-electron chi connectivity index (χ4n) is 4.40. The van der Waals surface area contributed by atoms with E-state index in [1.165, 1.54) is 6.21 Å². The molecule has 4 nitrogen and oxygen atoms in total. The molecule has 0 aliphatic heterocycles. The van der Waals surface area contributed by atoms with Crippen LogP contribution in [0.15, 0.2) is 103 Å². The monoisotopic (exact) mass is 471 g/mol. The van der Waals surface area contributed by atoms with Crippen molar-refractivity contribution in [3.8, 4) is 11.1 Å². The summed E-state index contributed by atoms with van der Waals surface area (Å²) in [6.45, 7) is 1.99. The van der Waals surface area contributed by atoms with E-state index in [0.29, 0.717) is 5.56 Å². The summed E-state index contributed by atoms with van der Waals surface area (Å²) in [7, 11) is 3.92. The van der Waals surface area contributed by atoms with Gasteiger partial charge in [-0.1, -0.05) is 72.8 Å². The molecule has 1 atom stereocenters. The molecule has 36 heavy (non-hydrogen) atoms. The molecule has 0 saturated heterocycles. The van der Waals surface area contributed by atoms with Crippen molar-refractivity contribution in [3.63, 3.8) is 0 Å². The SMILES string of the molecule is BC(c1ccc(-c2ccc(NC)c(C=N)c2)cc1)N(C(=O)c1ccccc1)c1cccc(/C=C/C)c1. The predicted octanol–water partition coefficient (Wildman–Crippen LogP) is 6.40. The Morgan fingerprint density at radius 1 is 0.917 bits per heavy atom. The molecule has 0 aliphatic rings. The van der Waals surface area contributed by atoms with Crippen molar-refractivity contribution in [2.45, 2.75) is 12.9 Å². The minimum absolute atomic E-state index is 0.0388. The van der Waals surface area contributed by atoms with Crippen LogP contribution in [-0.4, -0.2) is 27.0 Å². The van der Waals surface area contributed by atoms with Gasteiger partial charge in [-0.2, -0.15) is 0 Å². The van der Waals surface area contributed by atoms with Crippen LogP contribution in [0.1, 0.15) is 39.9 Å². The summed E-state index contributed by atoms with van der Waals surface area (Å²) < 4.78 is 0. The first-order chi connectivity index (χ1) is 17.5. The van der Waals surface area contributed by atoms with Gasteiger partial charge in [0.1, 0.15) is 7.85 Å². The molecule has 4 rings (SSSR count). The second kappa shape index (κ2) is 11.4. The van der Waals surface area contributed by atoms with Gasteiger partial charge in [0.25, 0.3) is 5.91 Å². The first kappa shape index (κ1) is 24.7. The zero-order chi connectivity index (χ0) is 25.5. The van der Waals surface area contributed by atoms with Crippen LogP contribution in [0.5, 0.6) is 0 Å². The second-order valence-corrected chi connectivity index (χ2v) is 8.63. The third kappa shape index (κ3) is 5.31. The second-order valence-electron chi connectivity index (χ2n) is 8.63. The van der Waals surface area contributed by atoms with Gasteiger partial charge in [-0.3, -0.25) is 4.79 Å². The normalized spacial score (nSPS) is 11.7. The molecule has 1 unspecified atom stereocenters. The fraction of sp³-hybridized carbons (Fsp3) is 0.0968. The molecular formula is C31H30BN3O. The summed E-state index contributed by atoms with van der Waals surface area (Å²) in [5.41, 5.74) is 7.47. The van der Waals surface area contributed by atoms with Crippen LogP contribution in [0, 0.1) is 5.41 Å². The fourth-order valence-corrected chi connectivity index (χ4v) is 4.40. The van der Waals surface area contributed by atoms with Crippen molar-refractivity contribution in [1.82, 2.24) is 0 Å². The Kier molecular flexibility index (Phi) is 7.81. The third-order valence-corrected chi connectivity index (χ3v) is 6.34. The number of nitrogens with zero attached hydrogens (tertiary/aromatic N) is 1. The number of rotatable bonds is 8. The molecule has 5 heteroatoms. The summed E-state index contributed by atoms with van der Waals surface area (Å²) in [5.74, 6) is -0.223. The van der Waals surface area contributed by atoms with E-state index in [1.54, 1.807) is 0 Å². The van der Waals surface area contributed by atoms with Gasteiger partial charge in [0.2, 0.25) is 0 Å². The lowest BCUT2D eigenvalue weighted by molar-refractivity contribution is 0.0983. The number of benzene rings is 4. The van der Waals surface area contributed by atoms with Crippen molar-refractivity contribution < 1.29 is 4.79 Å². The largest absolute Gasteiger partial charge is 0.388 e. The van der Waals surface area contributed by atoms with Crippen LogP contribution < -0.4 is 10.2 Å². The Balaban J connectivity index is 1.70. The summed E-state index contributed by atoms with van der Waals surface area (Å²) in [6.07, 6.45) is 5.40. The minimum atomic E-state index is -0.184. The van der Waals surface area contributed by atoms with Crippen LogP contribution in [0.4, 0.5) is 11.4 Å². The van der Waals surface area contributed by atoms with Gasteiger partial charge in [-0.05, 0) is 65.6 Å². The number of hydrogen-bond donors (Lipinski definition) is 2. The van der Waals surface area contributed by atoms with Gasteiger partial charge in [0, 0.05) is 41.7 Å². The summed E-state index contributed by atoms with van der Waals surface area (Å²) in [6, 6.07) is 31.8. The topological polar surface area (TPSA) is 56.2 Å². The van der Waals surface area contributed by atoms with Crippen molar-refractivity contribution in [1.29, 1.82) is 5.41 Å². The smallest absolute Gasteiger partial charge is 0.258 e. The molecule has 0 radical (unpaired) electrons. The average Bonchev–Trinajstić information content (AvgIpc) is 2.93. The molecular weight excluding hydrogens is 441 g/mol. The van der Waals surface area contributed by atoms with Gasteiger partial charge in [0.15, 0.2) is 0 Å². The van der Waals surface area contributed by atoms with Gasteiger partial charge in [-0.25, -0.2) is 0 Å². The highest BCUT2D eigenvalue weighted by molar-refractivity contribution is 6.20. The van der Waals surface area contributed by atoms with E-state index in [1.807, 2.05) is 97.8 Å². The highest BCUT2D eigenvalue weighted by Gasteiger charge is 2.24. The van der Waals surface area contributed by atoms with Crippen LogP contribution in [0.2, 0.25) is 0 Å². The van der Waals surface area contributed by atoms with E-state index in [2.05, 4.69) is 43.5 Å². The molecule has 4 aromatic carbocycles. The maximum absolute atomic E-state index is 13.7. The van der Waals surface area contributed by atoms with E-state index in [0.717, 1.165) is 39.2 Å². The van der Waals surface area contributed by atoms with Crippen molar-refractivity contribution in [2.24, 2.45) is 0 Å².